The fourth-order valence-electron chi connectivity index (χ4n) is 2.64. The number of fused-ring (bicyclic) bond motifs is 3. The Kier molecular flexibility index (Phi) is 3.06. The number of benzene rings is 3. The molecule has 0 bridgehead atoms. The first-order valence-electron chi connectivity index (χ1n) is 7.04. The van der Waals surface area contributed by atoms with Crippen molar-refractivity contribution in [3.05, 3.63) is 83.2 Å². The predicted octanol–water partition coefficient (Wildman–Crippen LogP) is 6.22. The van der Waals surface area contributed by atoms with Crippen molar-refractivity contribution in [1.29, 1.82) is 0 Å². The molecule has 100 valence electrons. The molecule has 0 saturated carbocycles. The van der Waals surface area contributed by atoms with Crippen molar-refractivity contribution < 1.29 is 0 Å². The summed E-state index contributed by atoms with van der Waals surface area (Å²) in [6.45, 7) is 0. The summed E-state index contributed by atoms with van der Waals surface area (Å²) in [4.78, 5) is 1.30. The molecule has 4 rings (SSSR count). The van der Waals surface area contributed by atoms with Gasteiger partial charge in [0.25, 0.3) is 0 Å². The molecule has 0 amide bonds. The predicted molar refractivity (Wildman–Crippen MR) is 94.7 cm³/mol. The van der Waals surface area contributed by atoms with E-state index in [-0.39, 0.29) is 0 Å². The van der Waals surface area contributed by atoms with Crippen LogP contribution in [0.4, 0.5) is 0 Å². The van der Waals surface area contributed by atoms with Crippen molar-refractivity contribution in [3.63, 3.8) is 0 Å². The molecule has 0 aliphatic heterocycles. The lowest BCUT2D eigenvalue weighted by Gasteiger charge is -1.97. The van der Waals surface area contributed by atoms with Crippen molar-refractivity contribution in [1.82, 2.24) is 0 Å². The summed E-state index contributed by atoms with van der Waals surface area (Å²) >= 11 is 1.84. The van der Waals surface area contributed by atoms with E-state index in [1.54, 1.807) is 0 Å². The zero-order valence-corrected chi connectivity index (χ0v) is 12.3. The van der Waals surface area contributed by atoms with E-state index in [2.05, 4.69) is 78.9 Å². The molecule has 0 atom stereocenters. The Morgan fingerprint density at radius 2 is 1.48 bits per heavy atom. The third-order valence-corrected chi connectivity index (χ3v) is 4.75. The van der Waals surface area contributed by atoms with Gasteiger partial charge in [-0.3, -0.25) is 0 Å². The van der Waals surface area contributed by atoms with Crippen molar-refractivity contribution in [3.8, 4) is 0 Å². The fraction of sp³-hybridized carbons (Fsp3) is 0. The third kappa shape index (κ3) is 2.37. The number of thiophene rings is 1. The summed E-state index contributed by atoms with van der Waals surface area (Å²) in [6, 6.07) is 25.7. The van der Waals surface area contributed by atoms with Crippen LogP contribution in [0.5, 0.6) is 0 Å². The maximum atomic E-state index is 2.29. The first-order chi connectivity index (χ1) is 10.4. The molecule has 1 aromatic heterocycles. The van der Waals surface area contributed by atoms with Crippen LogP contribution < -0.4 is 0 Å². The average molecular weight is 286 g/mol. The van der Waals surface area contributed by atoms with Gasteiger partial charge in [0.05, 0.1) is 0 Å². The molecule has 4 aromatic rings. The molecule has 0 saturated heterocycles. The second kappa shape index (κ2) is 5.19. The second-order valence-electron chi connectivity index (χ2n) is 5.09. The van der Waals surface area contributed by atoms with Gasteiger partial charge in [0.2, 0.25) is 0 Å². The molecule has 1 heterocycles. The van der Waals surface area contributed by atoms with Gasteiger partial charge in [-0.2, -0.15) is 0 Å². The van der Waals surface area contributed by atoms with Crippen LogP contribution in [-0.4, -0.2) is 0 Å². The van der Waals surface area contributed by atoms with Gasteiger partial charge in [-0.25, -0.2) is 0 Å². The first-order valence-corrected chi connectivity index (χ1v) is 7.86. The Balaban J connectivity index is 1.80. The van der Waals surface area contributed by atoms with Crippen LogP contribution in [0.1, 0.15) is 10.4 Å². The summed E-state index contributed by atoms with van der Waals surface area (Å²) in [5, 5.41) is 4.00. The highest BCUT2D eigenvalue weighted by molar-refractivity contribution is 7.20. The minimum Gasteiger partial charge on any atom is -0.136 e. The molecule has 0 nitrogen and oxygen atoms in total. The van der Waals surface area contributed by atoms with E-state index >= 15 is 0 Å². The number of hydrogen-bond donors (Lipinski definition) is 0. The molecular weight excluding hydrogens is 272 g/mol. The van der Waals surface area contributed by atoms with Gasteiger partial charge in [-0.15, -0.1) is 11.3 Å². The summed E-state index contributed by atoms with van der Waals surface area (Å²) < 4.78 is 1.35. The monoisotopic (exact) mass is 286 g/mol. The normalized spacial score (nSPS) is 11.6. The average Bonchev–Trinajstić information content (AvgIpc) is 2.97. The smallest absolute Gasteiger partial charge is 0.0355 e. The van der Waals surface area contributed by atoms with Gasteiger partial charge in [0.15, 0.2) is 0 Å². The molecule has 0 aliphatic rings. The van der Waals surface area contributed by atoms with Crippen molar-refractivity contribution >= 4 is 44.3 Å². The van der Waals surface area contributed by atoms with Crippen LogP contribution in [0.2, 0.25) is 0 Å². The van der Waals surface area contributed by atoms with Gasteiger partial charge in [0, 0.05) is 15.0 Å². The summed E-state index contributed by atoms with van der Waals surface area (Å²) in [5.41, 5.74) is 1.24. The Bertz CT molecular complexity index is 930. The van der Waals surface area contributed by atoms with E-state index in [0.29, 0.717) is 0 Å². The lowest BCUT2D eigenvalue weighted by atomic mass is 10.1. The van der Waals surface area contributed by atoms with E-state index in [9.17, 15) is 0 Å². The summed E-state index contributed by atoms with van der Waals surface area (Å²) in [5.74, 6) is 0. The van der Waals surface area contributed by atoms with Crippen LogP contribution in [0.3, 0.4) is 0 Å². The third-order valence-electron chi connectivity index (χ3n) is 3.68. The quantitative estimate of drug-likeness (QED) is 0.410. The van der Waals surface area contributed by atoms with E-state index in [1.165, 1.54) is 31.3 Å². The lowest BCUT2D eigenvalue weighted by Crippen LogP contribution is -1.71. The van der Waals surface area contributed by atoms with Crippen molar-refractivity contribution in [2.75, 3.05) is 0 Å². The molecule has 0 fully saturated rings. The molecule has 3 aromatic carbocycles. The standard InChI is InChI=1S/C20H14S/c1-2-6-15(7-3-1)10-12-17-14-19-18-9-5-4-8-16(18)11-13-20(19)21-17/h1-14H. The molecule has 1 heteroatoms. The zero-order valence-electron chi connectivity index (χ0n) is 11.5. The number of rotatable bonds is 2. The van der Waals surface area contributed by atoms with Crippen LogP contribution in [0.15, 0.2) is 72.8 Å². The van der Waals surface area contributed by atoms with E-state index in [0.717, 1.165) is 0 Å². The Hall–Kier alpha value is -2.38. The van der Waals surface area contributed by atoms with Gasteiger partial charge in [0.1, 0.15) is 0 Å². The van der Waals surface area contributed by atoms with Crippen molar-refractivity contribution in [2.24, 2.45) is 0 Å². The Morgan fingerprint density at radius 3 is 2.38 bits per heavy atom. The van der Waals surface area contributed by atoms with Crippen LogP contribution in [0, 0.1) is 0 Å². The minimum absolute atomic E-state index is 1.24. The molecule has 0 spiro atoms. The zero-order chi connectivity index (χ0) is 14.1. The largest absolute Gasteiger partial charge is 0.136 e. The molecule has 0 aliphatic carbocycles. The highest BCUT2D eigenvalue weighted by Gasteiger charge is 2.03. The maximum absolute atomic E-state index is 2.29. The SMILES string of the molecule is C(=Cc1cc2c(ccc3ccccc32)s1)c1ccccc1. The molecule has 21 heavy (non-hydrogen) atoms. The lowest BCUT2D eigenvalue weighted by molar-refractivity contribution is 1.67. The molecular formula is C20H14S. The fourth-order valence-corrected chi connectivity index (χ4v) is 3.62. The maximum Gasteiger partial charge on any atom is 0.0355 e. The number of hydrogen-bond acceptors (Lipinski definition) is 1. The highest BCUT2D eigenvalue weighted by Crippen LogP contribution is 2.32. The highest BCUT2D eigenvalue weighted by atomic mass is 32.1. The second-order valence-corrected chi connectivity index (χ2v) is 6.21. The van der Waals surface area contributed by atoms with Gasteiger partial charge < -0.3 is 0 Å². The topological polar surface area (TPSA) is 0 Å². The molecule has 0 unspecified atom stereocenters. The van der Waals surface area contributed by atoms with E-state index in [4.69, 9.17) is 0 Å². The van der Waals surface area contributed by atoms with Crippen molar-refractivity contribution in [2.45, 2.75) is 0 Å². The van der Waals surface area contributed by atoms with Crippen LogP contribution in [-0.2, 0) is 0 Å². The molecule has 0 radical (unpaired) electrons. The Morgan fingerprint density at radius 1 is 0.667 bits per heavy atom. The molecule has 0 N–H and O–H groups in total. The first kappa shape index (κ1) is 12.4. The minimum atomic E-state index is 1.24. The van der Waals surface area contributed by atoms with Gasteiger partial charge in [-0.05, 0) is 34.5 Å². The van der Waals surface area contributed by atoms with E-state index < -0.39 is 0 Å². The Labute approximate surface area is 128 Å². The van der Waals surface area contributed by atoms with Crippen LogP contribution in [0.25, 0.3) is 33.0 Å². The van der Waals surface area contributed by atoms with Gasteiger partial charge >= 0.3 is 0 Å². The summed E-state index contributed by atoms with van der Waals surface area (Å²) in [7, 11) is 0. The summed E-state index contributed by atoms with van der Waals surface area (Å²) in [6.07, 6.45) is 4.38. The van der Waals surface area contributed by atoms with Crippen LogP contribution >= 0.6 is 11.3 Å². The van der Waals surface area contributed by atoms with E-state index in [1.807, 2.05) is 17.4 Å². The van der Waals surface area contributed by atoms with Gasteiger partial charge in [-0.1, -0.05) is 66.7 Å².